The van der Waals surface area contributed by atoms with E-state index in [1.807, 2.05) is 13.8 Å². The standard InChI is InChI=1S/C22H25FN2O4/c1-12-17(23)7-6-15(19(12)28-5)16-11-22(3,4)29-20(16)21(27)25-14-8-9-24-18(10-14)13(2)26/h6-10,16,20H,11H2,1-5H3,(H,24,25,27)/t16-,20+/m1/s1. The van der Waals surface area contributed by atoms with Crippen molar-refractivity contribution in [3.8, 4) is 5.75 Å². The van der Waals surface area contributed by atoms with E-state index in [1.54, 1.807) is 19.1 Å². The van der Waals surface area contributed by atoms with E-state index in [4.69, 9.17) is 9.47 Å². The molecular formula is C22H25FN2O4. The second kappa shape index (κ2) is 7.91. The molecule has 1 N–H and O–H groups in total. The molecule has 0 spiro atoms. The molecule has 1 aromatic heterocycles. The summed E-state index contributed by atoms with van der Waals surface area (Å²) in [4.78, 5) is 28.6. The van der Waals surface area contributed by atoms with Crippen molar-refractivity contribution < 1.29 is 23.5 Å². The molecule has 1 aliphatic heterocycles. The Morgan fingerprint density at radius 3 is 2.69 bits per heavy atom. The van der Waals surface area contributed by atoms with Crippen molar-refractivity contribution in [2.75, 3.05) is 12.4 Å². The Morgan fingerprint density at radius 1 is 1.31 bits per heavy atom. The number of rotatable bonds is 5. The van der Waals surface area contributed by atoms with Crippen molar-refractivity contribution in [3.05, 3.63) is 53.1 Å². The average Bonchev–Trinajstić information content (AvgIpc) is 2.99. The molecule has 1 amide bonds. The first-order valence-electron chi connectivity index (χ1n) is 9.41. The quantitative estimate of drug-likeness (QED) is 0.767. The molecule has 6 nitrogen and oxygen atoms in total. The number of ketones is 1. The zero-order chi connectivity index (χ0) is 21.3. The van der Waals surface area contributed by atoms with Crippen molar-refractivity contribution in [1.29, 1.82) is 0 Å². The second-order valence-corrected chi connectivity index (χ2v) is 7.88. The summed E-state index contributed by atoms with van der Waals surface area (Å²) in [7, 11) is 1.49. The number of anilines is 1. The zero-order valence-electron chi connectivity index (χ0n) is 17.2. The van der Waals surface area contributed by atoms with Crippen LogP contribution in [0.5, 0.6) is 5.75 Å². The van der Waals surface area contributed by atoms with E-state index in [2.05, 4.69) is 10.3 Å². The van der Waals surface area contributed by atoms with Crippen LogP contribution in [0.3, 0.4) is 0 Å². The van der Waals surface area contributed by atoms with Gasteiger partial charge in [-0.15, -0.1) is 0 Å². The summed E-state index contributed by atoms with van der Waals surface area (Å²) >= 11 is 0. The fourth-order valence-corrected chi connectivity index (χ4v) is 3.79. The minimum Gasteiger partial charge on any atom is -0.496 e. The molecule has 2 heterocycles. The van der Waals surface area contributed by atoms with Gasteiger partial charge >= 0.3 is 0 Å². The van der Waals surface area contributed by atoms with Crippen LogP contribution in [0, 0.1) is 12.7 Å². The summed E-state index contributed by atoms with van der Waals surface area (Å²) in [6.07, 6.45) is 1.25. The van der Waals surface area contributed by atoms with Gasteiger partial charge in [-0.3, -0.25) is 14.6 Å². The van der Waals surface area contributed by atoms with Crippen LogP contribution in [0.4, 0.5) is 10.1 Å². The molecule has 1 aliphatic rings. The zero-order valence-corrected chi connectivity index (χ0v) is 17.2. The smallest absolute Gasteiger partial charge is 0.254 e. The highest BCUT2D eigenvalue weighted by atomic mass is 19.1. The number of Topliss-reactive ketones (excluding diaryl/α,β-unsaturated/α-hetero) is 1. The highest BCUT2D eigenvalue weighted by Crippen LogP contribution is 2.45. The number of nitrogens with zero attached hydrogens (tertiary/aromatic N) is 1. The number of pyridine rings is 1. The Kier molecular flexibility index (Phi) is 5.71. The van der Waals surface area contributed by atoms with Crippen molar-refractivity contribution in [2.45, 2.75) is 51.7 Å². The van der Waals surface area contributed by atoms with Gasteiger partial charge in [0.15, 0.2) is 5.78 Å². The fraction of sp³-hybridized carbons (Fsp3) is 0.409. The monoisotopic (exact) mass is 400 g/mol. The molecule has 2 aromatic rings. The number of benzene rings is 1. The van der Waals surface area contributed by atoms with Crippen LogP contribution in [0.15, 0.2) is 30.5 Å². The molecule has 154 valence electrons. The number of nitrogens with one attached hydrogen (secondary N) is 1. The average molecular weight is 400 g/mol. The van der Waals surface area contributed by atoms with Gasteiger partial charge in [0.25, 0.3) is 5.91 Å². The van der Waals surface area contributed by atoms with Crippen molar-refractivity contribution >= 4 is 17.4 Å². The summed E-state index contributed by atoms with van der Waals surface area (Å²) in [6, 6.07) is 6.17. The lowest BCUT2D eigenvalue weighted by Crippen LogP contribution is -2.33. The molecule has 1 fully saturated rings. The molecule has 1 aromatic carbocycles. The Labute approximate surface area is 169 Å². The van der Waals surface area contributed by atoms with E-state index in [0.29, 0.717) is 23.4 Å². The predicted octanol–water partition coefficient (Wildman–Crippen LogP) is 4.03. The van der Waals surface area contributed by atoms with Crippen LogP contribution >= 0.6 is 0 Å². The van der Waals surface area contributed by atoms with E-state index < -0.39 is 11.7 Å². The van der Waals surface area contributed by atoms with Crippen LogP contribution in [-0.2, 0) is 9.53 Å². The lowest BCUT2D eigenvalue weighted by molar-refractivity contribution is -0.130. The maximum atomic E-state index is 14.0. The molecule has 0 unspecified atom stereocenters. The molecule has 2 atom stereocenters. The van der Waals surface area contributed by atoms with Crippen LogP contribution in [-0.4, -0.2) is 35.5 Å². The van der Waals surface area contributed by atoms with Gasteiger partial charge in [0.2, 0.25) is 0 Å². The summed E-state index contributed by atoms with van der Waals surface area (Å²) in [5.74, 6) is -0.780. The topological polar surface area (TPSA) is 77.5 Å². The van der Waals surface area contributed by atoms with Crippen LogP contribution in [0.2, 0.25) is 0 Å². The number of ether oxygens (including phenoxy) is 2. The number of amides is 1. The van der Waals surface area contributed by atoms with Gasteiger partial charge in [-0.2, -0.15) is 0 Å². The third kappa shape index (κ3) is 4.29. The number of hydrogen-bond donors (Lipinski definition) is 1. The maximum Gasteiger partial charge on any atom is 0.254 e. The normalized spacial score (nSPS) is 20.3. The van der Waals surface area contributed by atoms with Crippen LogP contribution in [0.25, 0.3) is 0 Å². The third-order valence-corrected chi connectivity index (χ3v) is 5.14. The van der Waals surface area contributed by atoms with E-state index in [-0.39, 0.29) is 29.1 Å². The van der Waals surface area contributed by atoms with Gasteiger partial charge < -0.3 is 14.8 Å². The Hall–Kier alpha value is -2.80. The molecular weight excluding hydrogens is 375 g/mol. The highest BCUT2D eigenvalue weighted by Gasteiger charge is 2.46. The number of carbonyl (C=O) groups is 2. The summed E-state index contributed by atoms with van der Waals surface area (Å²) in [5.41, 5.74) is 1.32. The second-order valence-electron chi connectivity index (χ2n) is 7.88. The number of hydrogen-bond acceptors (Lipinski definition) is 5. The number of carbonyl (C=O) groups excluding carboxylic acids is 2. The van der Waals surface area contributed by atoms with Gasteiger partial charge in [0, 0.05) is 35.9 Å². The lowest BCUT2D eigenvalue weighted by atomic mass is 9.86. The van der Waals surface area contributed by atoms with E-state index in [1.165, 1.54) is 32.4 Å². The van der Waals surface area contributed by atoms with Gasteiger partial charge in [0.1, 0.15) is 23.4 Å². The molecule has 29 heavy (non-hydrogen) atoms. The number of aromatic nitrogens is 1. The number of methoxy groups -OCH3 is 1. The first-order chi connectivity index (χ1) is 13.6. The minimum absolute atomic E-state index is 0.191. The minimum atomic E-state index is -0.794. The van der Waals surface area contributed by atoms with Crippen molar-refractivity contribution in [3.63, 3.8) is 0 Å². The summed E-state index contributed by atoms with van der Waals surface area (Å²) in [6.45, 7) is 6.89. The van der Waals surface area contributed by atoms with E-state index >= 15 is 0 Å². The predicted molar refractivity (Wildman–Crippen MR) is 107 cm³/mol. The maximum absolute atomic E-state index is 14.0. The van der Waals surface area contributed by atoms with Gasteiger partial charge in [0.05, 0.1) is 12.7 Å². The highest BCUT2D eigenvalue weighted by molar-refractivity contribution is 5.97. The molecule has 0 bridgehead atoms. The third-order valence-electron chi connectivity index (χ3n) is 5.14. The summed E-state index contributed by atoms with van der Waals surface area (Å²) < 4.78 is 25.5. The van der Waals surface area contributed by atoms with Gasteiger partial charge in [-0.25, -0.2) is 4.39 Å². The first-order valence-corrected chi connectivity index (χ1v) is 9.41. The first kappa shape index (κ1) is 20.9. The van der Waals surface area contributed by atoms with E-state index in [0.717, 1.165) is 5.56 Å². The molecule has 1 saturated heterocycles. The molecule has 0 aliphatic carbocycles. The molecule has 0 saturated carbocycles. The fourth-order valence-electron chi connectivity index (χ4n) is 3.79. The van der Waals surface area contributed by atoms with Gasteiger partial charge in [-0.1, -0.05) is 6.07 Å². The molecule has 7 heteroatoms. The molecule has 0 radical (unpaired) electrons. The Bertz CT molecular complexity index is 958. The van der Waals surface area contributed by atoms with Crippen molar-refractivity contribution in [1.82, 2.24) is 4.98 Å². The van der Waals surface area contributed by atoms with E-state index in [9.17, 15) is 14.0 Å². The number of halogens is 1. The largest absolute Gasteiger partial charge is 0.496 e. The Morgan fingerprint density at radius 2 is 2.03 bits per heavy atom. The van der Waals surface area contributed by atoms with Crippen LogP contribution < -0.4 is 10.1 Å². The van der Waals surface area contributed by atoms with Crippen molar-refractivity contribution in [2.24, 2.45) is 0 Å². The summed E-state index contributed by atoms with van der Waals surface area (Å²) in [5, 5.41) is 2.81. The van der Waals surface area contributed by atoms with Gasteiger partial charge in [-0.05, 0) is 45.4 Å². The lowest BCUT2D eigenvalue weighted by Gasteiger charge is -2.22. The van der Waals surface area contributed by atoms with Crippen LogP contribution in [0.1, 0.15) is 54.7 Å². The SMILES string of the molecule is COc1c([C@H]2CC(C)(C)O[C@@H]2C(=O)Nc2ccnc(C(C)=O)c2)ccc(F)c1C. The Balaban J connectivity index is 1.93. The molecule has 3 rings (SSSR count).